The fourth-order valence-electron chi connectivity index (χ4n) is 2.51. The Bertz CT molecular complexity index is 622. The minimum absolute atomic E-state index is 0.0382. The first kappa shape index (κ1) is 16.8. The van der Waals surface area contributed by atoms with Crippen LogP contribution in [0.2, 0.25) is 0 Å². The van der Waals surface area contributed by atoms with E-state index in [-0.39, 0.29) is 5.91 Å². The molecule has 0 spiro atoms. The molecule has 0 fully saturated rings. The van der Waals surface area contributed by atoms with Crippen LogP contribution in [0.15, 0.2) is 23.1 Å². The van der Waals surface area contributed by atoms with Crippen molar-refractivity contribution < 1.29 is 4.79 Å². The number of thiocyanates is 1. The molecule has 0 atom stereocenters. The molecule has 1 amide bonds. The molecule has 0 aromatic heterocycles. The first-order valence-corrected chi connectivity index (χ1v) is 8.54. The summed E-state index contributed by atoms with van der Waals surface area (Å²) >= 11 is 6.56. The lowest BCUT2D eigenvalue weighted by atomic mass is 10.0. The van der Waals surface area contributed by atoms with Crippen LogP contribution in [-0.4, -0.2) is 17.6 Å². The zero-order chi connectivity index (χ0) is 16.1. The third-order valence-corrected chi connectivity index (χ3v) is 4.32. The fourth-order valence-corrected chi connectivity index (χ4v) is 3.26. The summed E-state index contributed by atoms with van der Waals surface area (Å²) in [6.45, 7) is 4.82. The molecular formula is C16H19N3OS2. The van der Waals surface area contributed by atoms with Crippen molar-refractivity contribution in [2.75, 3.05) is 11.4 Å². The van der Waals surface area contributed by atoms with E-state index < -0.39 is 0 Å². The summed E-state index contributed by atoms with van der Waals surface area (Å²) in [4.78, 5) is 14.8. The van der Waals surface area contributed by atoms with Crippen LogP contribution in [0, 0.1) is 16.6 Å². The Morgan fingerprint density at radius 2 is 2.32 bits per heavy atom. The molecule has 0 unspecified atom stereocenters. The molecule has 6 heteroatoms. The predicted molar refractivity (Wildman–Crippen MR) is 93.8 cm³/mol. The Kier molecular flexibility index (Phi) is 5.81. The normalized spacial score (nSPS) is 13.5. The van der Waals surface area contributed by atoms with Gasteiger partial charge in [-0.1, -0.05) is 13.8 Å². The molecule has 0 bridgehead atoms. The van der Waals surface area contributed by atoms with E-state index in [0.29, 0.717) is 17.5 Å². The van der Waals surface area contributed by atoms with Gasteiger partial charge >= 0.3 is 0 Å². The third-order valence-electron chi connectivity index (χ3n) is 3.42. The number of fused-ring (bicyclic) bond motifs is 1. The van der Waals surface area contributed by atoms with Crippen LogP contribution in [-0.2, 0) is 11.2 Å². The second-order valence-corrected chi connectivity index (χ2v) is 6.94. The van der Waals surface area contributed by atoms with Gasteiger partial charge in [-0.15, -0.1) is 0 Å². The third kappa shape index (κ3) is 4.21. The van der Waals surface area contributed by atoms with Gasteiger partial charge < -0.3 is 10.2 Å². The largest absolute Gasteiger partial charge is 0.318 e. The molecule has 0 radical (unpaired) electrons. The molecule has 0 aliphatic carbocycles. The molecule has 1 aliphatic heterocycles. The van der Waals surface area contributed by atoms with Crippen LogP contribution in [0.3, 0.4) is 0 Å². The lowest BCUT2D eigenvalue weighted by molar-refractivity contribution is -0.120. The number of thiocarbonyl (C=S) groups is 1. The minimum Gasteiger partial charge on any atom is -0.318 e. The zero-order valence-electron chi connectivity index (χ0n) is 12.8. The van der Waals surface area contributed by atoms with Gasteiger partial charge in [0.15, 0.2) is 5.11 Å². The van der Waals surface area contributed by atoms with E-state index >= 15 is 0 Å². The predicted octanol–water partition coefficient (Wildman–Crippen LogP) is 3.46. The van der Waals surface area contributed by atoms with Gasteiger partial charge in [-0.3, -0.25) is 4.79 Å². The maximum Gasteiger partial charge on any atom is 0.226 e. The van der Waals surface area contributed by atoms with E-state index in [4.69, 9.17) is 17.5 Å². The monoisotopic (exact) mass is 333 g/mol. The van der Waals surface area contributed by atoms with Crippen molar-refractivity contribution in [2.45, 2.75) is 38.0 Å². The second kappa shape index (κ2) is 7.61. The van der Waals surface area contributed by atoms with E-state index in [1.165, 1.54) is 5.56 Å². The Balaban J connectivity index is 2.13. The molecular weight excluding hydrogens is 314 g/mol. The highest BCUT2D eigenvalue weighted by Crippen LogP contribution is 2.31. The van der Waals surface area contributed by atoms with E-state index in [0.717, 1.165) is 41.7 Å². The maximum absolute atomic E-state index is 11.9. The number of carbonyl (C=O) groups excluding carboxylic acids is 1. The van der Waals surface area contributed by atoms with Gasteiger partial charge in [-0.05, 0) is 66.5 Å². The number of nitrogens with zero attached hydrogens (tertiary/aromatic N) is 2. The van der Waals surface area contributed by atoms with Crippen LogP contribution in [0.25, 0.3) is 0 Å². The van der Waals surface area contributed by atoms with Crippen LogP contribution < -0.4 is 10.2 Å². The average Bonchev–Trinajstić information content (AvgIpc) is 2.45. The van der Waals surface area contributed by atoms with Gasteiger partial charge in [0.25, 0.3) is 0 Å². The first-order valence-electron chi connectivity index (χ1n) is 7.31. The summed E-state index contributed by atoms with van der Waals surface area (Å²) < 4.78 is 0. The van der Waals surface area contributed by atoms with E-state index in [1.54, 1.807) is 0 Å². The Morgan fingerprint density at radius 1 is 1.55 bits per heavy atom. The van der Waals surface area contributed by atoms with Gasteiger partial charge in [0, 0.05) is 23.5 Å². The number of benzene rings is 1. The lowest BCUT2D eigenvalue weighted by Crippen LogP contribution is -2.45. The quantitative estimate of drug-likeness (QED) is 0.521. The summed E-state index contributed by atoms with van der Waals surface area (Å²) in [7, 11) is 0. The van der Waals surface area contributed by atoms with Crippen molar-refractivity contribution >= 4 is 40.7 Å². The highest BCUT2D eigenvalue weighted by atomic mass is 32.2. The van der Waals surface area contributed by atoms with Gasteiger partial charge in [0.2, 0.25) is 5.91 Å². The number of thioether (sulfide) groups is 1. The molecule has 1 aromatic rings. The summed E-state index contributed by atoms with van der Waals surface area (Å²) in [6, 6.07) is 5.94. The number of aryl methyl sites for hydroxylation is 1. The number of amides is 1. The average molecular weight is 333 g/mol. The van der Waals surface area contributed by atoms with Gasteiger partial charge in [-0.2, -0.15) is 5.26 Å². The summed E-state index contributed by atoms with van der Waals surface area (Å²) in [5, 5.41) is 14.1. The van der Waals surface area contributed by atoms with Crippen molar-refractivity contribution in [1.29, 1.82) is 5.26 Å². The molecule has 1 N–H and O–H groups in total. The molecule has 4 nitrogen and oxygen atoms in total. The highest BCUT2D eigenvalue weighted by Gasteiger charge is 2.21. The molecule has 1 heterocycles. The van der Waals surface area contributed by atoms with E-state index in [1.807, 2.05) is 36.9 Å². The van der Waals surface area contributed by atoms with Gasteiger partial charge in [0.1, 0.15) is 5.40 Å². The topological polar surface area (TPSA) is 56.1 Å². The van der Waals surface area contributed by atoms with Crippen LogP contribution in [0.4, 0.5) is 5.69 Å². The molecule has 116 valence electrons. The van der Waals surface area contributed by atoms with Gasteiger partial charge in [-0.25, -0.2) is 0 Å². The number of carbonyl (C=O) groups is 1. The Labute approximate surface area is 140 Å². The molecule has 22 heavy (non-hydrogen) atoms. The van der Waals surface area contributed by atoms with E-state index in [9.17, 15) is 4.79 Å². The summed E-state index contributed by atoms with van der Waals surface area (Å²) in [5.41, 5.74) is 2.20. The minimum atomic E-state index is -0.0382. The molecule has 2 rings (SSSR count). The van der Waals surface area contributed by atoms with Gasteiger partial charge in [0.05, 0.1) is 0 Å². The van der Waals surface area contributed by atoms with Crippen LogP contribution >= 0.6 is 24.0 Å². The highest BCUT2D eigenvalue weighted by molar-refractivity contribution is 8.03. The number of hydrogen-bond donors (Lipinski definition) is 1. The Morgan fingerprint density at radius 3 is 3.00 bits per heavy atom. The van der Waals surface area contributed by atoms with Crippen molar-refractivity contribution in [3.63, 3.8) is 0 Å². The number of nitrogens with one attached hydrogen (secondary N) is 1. The van der Waals surface area contributed by atoms with E-state index in [2.05, 4.69) is 10.7 Å². The second-order valence-electron chi connectivity index (χ2n) is 5.69. The molecule has 0 saturated carbocycles. The number of nitriles is 1. The first-order chi connectivity index (χ1) is 10.5. The molecule has 1 aromatic carbocycles. The lowest BCUT2D eigenvalue weighted by Gasteiger charge is -2.31. The SMILES string of the molecule is CC(C)CC(=O)NC(=S)N1CCCc2cc(SC#N)ccc21. The maximum atomic E-state index is 11.9. The van der Waals surface area contributed by atoms with Crippen molar-refractivity contribution in [3.05, 3.63) is 23.8 Å². The van der Waals surface area contributed by atoms with Crippen molar-refractivity contribution in [3.8, 4) is 5.40 Å². The van der Waals surface area contributed by atoms with Crippen LogP contribution in [0.1, 0.15) is 32.3 Å². The number of rotatable bonds is 3. The number of anilines is 1. The standard InChI is InChI=1S/C16H19N3OS2/c1-11(2)8-15(20)18-16(21)19-7-3-4-12-9-13(22-10-17)5-6-14(12)19/h5-6,9,11H,3-4,7-8H2,1-2H3,(H,18,20,21). The summed E-state index contributed by atoms with van der Waals surface area (Å²) in [6.07, 6.45) is 2.42. The van der Waals surface area contributed by atoms with Crippen molar-refractivity contribution in [1.82, 2.24) is 5.32 Å². The molecule has 0 saturated heterocycles. The molecule has 1 aliphatic rings. The number of hydrogen-bond acceptors (Lipinski definition) is 4. The van der Waals surface area contributed by atoms with Crippen LogP contribution in [0.5, 0.6) is 0 Å². The van der Waals surface area contributed by atoms with Crippen molar-refractivity contribution in [2.24, 2.45) is 5.92 Å². The smallest absolute Gasteiger partial charge is 0.226 e. The fraction of sp³-hybridized carbons (Fsp3) is 0.438. The Hall–Kier alpha value is -1.58. The zero-order valence-corrected chi connectivity index (χ0v) is 14.4. The summed E-state index contributed by atoms with van der Waals surface area (Å²) in [5.74, 6) is 0.269.